The quantitative estimate of drug-likeness (QED) is 0.509. The molecule has 0 nitrogen and oxygen atoms in total. The predicted molar refractivity (Wildman–Crippen MR) is 112 cm³/mol. The van der Waals surface area contributed by atoms with Crippen molar-refractivity contribution in [2.24, 2.45) is 0 Å². The van der Waals surface area contributed by atoms with Crippen molar-refractivity contribution >= 4 is 70.6 Å². The molecule has 0 radical (unpaired) electrons. The van der Waals surface area contributed by atoms with Crippen molar-refractivity contribution in [1.29, 1.82) is 0 Å². The highest BCUT2D eigenvalue weighted by atomic mass is 32.2. The molecule has 0 fully saturated rings. The third-order valence-corrected chi connectivity index (χ3v) is 6.86. The fourth-order valence-electron chi connectivity index (χ4n) is 1.09. The van der Waals surface area contributed by atoms with E-state index in [1.54, 1.807) is 70.6 Å². The smallest absolute Gasteiger partial charge is 0.00651 e. The van der Waals surface area contributed by atoms with Crippen molar-refractivity contribution in [3.05, 3.63) is 0 Å². The minimum absolute atomic E-state index is 1.11. The lowest BCUT2D eigenvalue weighted by atomic mass is 10.6. The van der Waals surface area contributed by atoms with Gasteiger partial charge in [0.2, 0.25) is 0 Å². The van der Waals surface area contributed by atoms with Crippen LogP contribution >= 0.6 is 70.6 Å². The molecule has 1 heterocycles. The Morgan fingerprint density at radius 1 is 0.333 bits per heavy atom. The third kappa shape index (κ3) is 15.4. The van der Waals surface area contributed by atoms with E-state index in [9.17, 15) is 0 Å². The van der Waals surface area contributed by atoms with Gasteiger partial charge in [-0.2, -0.15) is 0 Å². The molecule has 0 aromatic heterocycles. The van der Waals surface area contributed by atoms with Crippen LogP contribution in [0.3, 0.4) is 0 Å². The molecule has 6 heteroatoms. The Labute approximate surface area is 155 Å². The van der Waals surface area contributed by atoms with Crippen LogP contribution in [0, 0.1) is 31.5 Å². The number of hydrogen-bond donors (Lipinski definition) is 0. The topological polar surface area (TPSA) is 0 Å². The van der Waals surface area contributed by atoms with E-state index in [4.69, 9.17) is 0 Å². The van der Waals surface area contributed by atoms with Gasteiger partial charge in [-0.25, -0.2) is 0 Å². The average molecular weight is 391 g/mol. The van der Waals surface area contributed by atoms with Gasteiger partial charge in [-0.1, -0.05) is 70.6 Å². The molecule has 21 heavy (non-hydrogen) atoms. The first-order chi connectivity index (χ1) is 10.5. The molecule has 0 spiro atoms. The van der Waals surface area contributed by atoms with E-state index in [2.05, 4.69) is 31.5 Å². The summed E-state index contributed by atoms with van der Waals surface area (Å²) in [5, 5.41) is 18.9. The van der Waals surface area contributed by atoms with E-state index in [-0.39, 0.29) is 0 Å². The van der Waals surface area contributed by atoms with Crippen LogP contribution in [-0.4, -0.2) is 34.5 Å². The van der Waals surface area contributed by atoms with Gasteiger partial charge >= 0.3 is 0 Å². The molecule has 0 bridgehead atoms. The van der Waals surface area contributed by atoms with Crippen LogP contribution in [0.15, 0.2) is 0 Å². The average Bonchev–Trinajstić information content (AvgIpc) is 2.50. The summed E-state index contributed by atoms with van der Waals surface area (Å²) in [4.78, 5) is 0. The van der Waals surface area contributed by atoms with Crippen molar-refractivity contribution in [3.8, 4) is 31.5 Å². The van der Waals surface area contributed by atoms with Gasteiger partial charge in [-0.05, 0) is 50.8 Å². The van der Waals surface area contributed by atoms with Crippen molar-refractivity contribution in [3.63, 3.8) is 0 Å². The Balaban J connectivity index is 2.22. The molecule has 0 N–H and O–H groups in total. The second-order valence-electron chi connectivity index (χ2n) is 3.76. The first kappa shape index (κ1) is 19.8. The summed E-state index contributed by atoms with van der Waals surface area (Å²) < 4.78 is 0. The standard InChI is InChI=1S/C15H18S6/c1-4-16-10-12-18-6-2-8-20-14-15-21-9-3-7-19-13-11-17-5-1/h1-9H2. The molecular weight excluding hydrogens is 373 g/mol. The lowest BCUT2D eigenvalue weighted by Crippen LogP contribution is -1.81. The summed E-state index contributed by atoms with van der Waals surface area (Å²) in [5.41, 5.74) is 0. The van der Waals surface area contributed by atoms with E-state index in [0.29, 0.717) is 0 Å². The maximum absolute atomic E-state index is 3.16. The van der Waals surface area contributed by atoms with Crippen LogP contribution in [0.2, 0.25) is 0 Å². The maximum atomic E-state index is 3.16. The first-order valence-corrected chi connectivity index (χ1v) is 12.6. The lowest BCUT2D eigenvalue weighted by molar-refractivity contribution is 1.13. The summed E-state index contributed by atoms with van der Waals surface area (Å²) >= 11 is 10.4. The molecule has 0 amide bonds. The lowest BCUT2D eigenvalue weighted by Gasteiger charge is -1.92. The highest BCUT2D eigenvalue weighted by Gasteiger charge is 1.90. The van der Waals surface area contributed by atoms with E-state index in [1.807, 2.05) is 0 Å². The predicted octanol–water partition coefficient (Wildman–Crippen LogP) is 5.32. The van der Waals surface area contributed by atoms with Crippen molar-refractivity contribution < 1.29 is 0 Å². The number of hydrogen-bond acceptors (Lipinski definition) is 6. The first-order valence-electron chi connectivity index (χ1n) is 6.71. The van der Waals surface area contributed by atoms with Crippen LogP contribution < -0.4 is 0 Å². The second kappa shape index (κ2) is 17.1. The summed E-state index contributed by atoms with van der Waals surface area (Å²) in [6, 6.07) is 0. The van der Waals surface area contributed by atoms with Gasteiger partial charge in [0, 0.05) is 34.5 Å². The minimum Gasteiger partial charge on any atom is -0.0741 e. The van der Waals surface area contributed by atoms with Crippen LogP contribution in [0.1, 0.15) is 19.3 Å². The van der Waals surface area contributed by atoms with Gasteiger partial charge < -0.3 is 0 Å². The van der Waals surface area contributed by atoms with Gasteiger partial charge in [-0.15, -0.1) is 0 Å². The Bertz CT molecular complexity index is 332. The van der Waals surface area contributed by atoms with Crippen LogP contribution in [0.25, 0.3) is 0 Å². The number of thioether (sulfide) groups is 6. The molecule has 1 aliphatic heterocycles. The third-order valence-electron chi connectivity index (χ3n) is 2.04. The van der Waals surface area contributed by atoms with Crippen molar-refractivity contribution in [2.75, 3.05) is 34.5 Å². The van der Waals surface area contributed by atoms with Gasteiger partial charge in [0.05, 0.1) is 0 Å². The summed E-state index contributed by atoms with van der Waals surface area (Å²) in [5.74, 6) is 6.66. The molecule has 1 rings (SSSR count). The number of rotatable bonds is 0. The monoisotopic (exact) mass is 390 g/mol. The van der Waals surface area contributed by atoms with E-state index in [1.165, 1.54) is 19.3 Å². The zero-order chi connectivity index (χ0) is 14.8. The second-order valence-corrected chi connectivity index (χ2v) is 9.17. The molecule has 0 aromatic rings. The van der Waals surface area contributed by atoms with E-state index < -0.39 is 0 Å². The summed E-state index contributed by atoms with van der Waals surface area (Å²) in [7, 11) is 0. The zero-order valence-electron chi connectivity index (χ0n) is 11.8. The fraction of sp³-hybridized carbons (Fsp3) is 0.600. The Morgan fingerprint density at radius 3 is 0.714 bits per heavy atom. The molecule has 0 aliphatic carbocycles. The molecule has 1 aliphatic rings. The van der Waals surface area contributed by atoms with Crippen LogP contribution in [-0.2, 0) is 0 Å². The van der Waals surface area contributed by atoms with Crippen LogP contribution in [0.5, 0.6) is 0 Å². The normalized spacial score (nSPS) is 19.4. The Kier molecular flexibility index (Phi) is 16.2. The zero-order valence-corrected chi connectivity index (χ0v) is 16.7. The summed E-state index contributed by atoms with van der Waals surface area (Å²) in [6.07, 6.45) is 3.54. The fourth-order valence-corrected chi connectivity index (χ4v) is 5.40. The van der Waals surface area contributed by atoms with Gasteiger partial charge in [0.15, 0.2) is 0 Å². The van der Waals surface area contributed by atoms with Crippen LogP contribution in [0.4, 0.5) is 0 Å². The highest BCUT2D eigenvalue weighted by molar-refractivity contribution is 8.08. The minimum atomic E-state index is 1.11. The molecule has 0 atom stereocenters. The largest absolute Gasteiger partial charge is 0.0741 e. The molecule has 0 saturated carbocycles. The Morgan fingerprint density at radius 2 is 0.524 bits per heavy atom. The molecule has 114 valence electrons. The summed E-state index contributed by atoms with van der Waals surface area (Å²) in [6.45, 7) is 0. The van der Waals surface area contributed by atoms with Gasteiger partial charge in [0.1, 0.15) is 0 Å². The highest BCUT2D eigenvalue weighted by Crippen LogP contribution is 2.11. The SMILES string of the molecule is C1#CSCCCSC#CSCCCSC#CSCCCS1. The maximum Gasteiger partial charge on any atom is 0.00651 e. The Hall–Kier alpha value is 0.780. The van der Waals surface area contributed by atoms with E-state index >= 15 is 0 Å². The van der Waals surface area contributed by atoms with Crippen molar-refractivity contribution in [1.82, 2.24) is 0 Å². The van der Waals surface area contributed by atoms with E-state index in [0.717, 1.165) is 34.5 Å². The molecule has 0 aromatic carbocycles. The molecule has 0 saturated heterocycles. The van der Waals surface area contributed by atoms with Crippen molar-refractivity contribution in [2.45, 2.75) is 19.3 Å². The van der Waals surface area contributed by atoms with Gasteiger partial charge in [-0.3, -0.25) is 0 Å². The molecular formula is C15H18S6. The molecule has 0 unspecified atom stereocenters. The van der Waals surface area contributed by atoms with Gasteiger partial charge in [0.25, 0.3) is 0 Å².